The Hall–Kier alpha value is -1.84. The summed E-state index contributed by atoms with van der Waals surface area (Å²) in [6.45, 7) is 0. The van der Waals surface area contributed by atoms with Gasteiger partial charge in [-0.15, -0.1) is 0 Å². The van der Waals surface area contributed by atoms with Gasteiger partial charge in [0.05, 0.1) is 11.4 Å². The average Bonchev–Trinajstić information content (AvgIpc) is 2.92. The van der Waals surface area contributed by atoms with E-state index in [1.54, 1.807) is 0 Å². The number of H-pyrrole nitrogens is 1. The summed E-state index contributed by atoms with van der Waals surface area (Å²) in [6, 6.07) is 7.77. The van der Waals surface area contributed by atoms with Crippen molar-refractivity contribution in [2.45, 2.75) is 12.3 Å². The van der Waals surface area contributed by atoms with E-state index in [1.165, 1.54) is 0 Å². The van der Waals surface area contributed by atoms with E-state index < -0.39 is 5.97 Å². The Balaban J connectivity index is 2.03. The molecule has 0 amide bonds. The second-order valence-corrected chi connectivity index (χ2v) is 3.94. The van der Waals surface area contributed by atoms with Crippen LogP contribution in [0.3, 0.4) is 0 Å². The van der Waals surface area contributed by atoms with Gasteiger partial charge in [0.2, 0.25) is 0 Å². The first kappa shape index (κ1) is 8.47. The lowest BCUT2D eigenvalue weighted by Crippen LogP contribution is -1.99. The van der Waals surface area contributed by atoms with Crippen molar-refractivity contribution in [3.05, 3.63) is 30.0 Å². The normalized spacial score (nSPS) is 24.3. The Labute approximate surface area is 85.9 Å². The van der Waals surface area contributed by atoms with E-state index in [2.05, 4.69) is 10.2 Å². The first-order valence-electron chi connectivity index (χ1n) is 4.93. The minimum atomic E-state index is -0.710. The molecule has 4 heteroatoms. The number of carboxylic acids is 1. The highest BCUT2D eigenvalue weighted by molar-refractivity contribution is 5.84. The van der Waals surface area contributed by atoms with Gasteiger partial charge in [-0.25, -0.2) is 0 Å². The quantitative estimate of drug-likeness (QED) is 0.779. The van der Waals surface area contributed by atoms with Gasteiger partial charge < -0.3 is 5.11 Å². The van der Waals surface area contributed by atoms with E-state index in [4.69, 9.17) is 5.11 Å². The largest absolute Gasteiger partial charge is 0.481 e. The maximum Gasteiger partial charge on any atom is 0.307 e. The number of rotatable bonds is 2. The van der Waals surface area contributed by atoms with Gasteiger partial charge >= 0.3 is 5.97 Å². The second-order valence-electron chi connectivity index (χ2n) is 3.94. The smallest absolute Gasteiger partial charge is 0.307 e. The maximum atomic E-state index is 10.8. The molecule has 1 heterocycles. The summed E-state index contributed by atoms with van der Waals surface area (Å²) < 4.78 is 0. The number of carboxylic acid groups (broad SMARTS) is 1. The number of benzene rings is 1. The molecule has 15 heavy (non-hydrogen) atoms. The van der Waals surface area contributed by atoms with E-state index in [0.29, 0.717) is 0 Å². The highest BCUT2D eigenvalue weighted by atomic mass is 16.4. The molecule has 1 saturated carbocycles. The Morgan fingerprint density at radius 1 is 1.47 bits per heavy atom. The fraction of sp³-hybridized carbons (Fsp3) is 0.273. The van der Waals surface area contributed by atoms with Crippen LogP contribution in [-0.2, 0) is 4.79 Å². The third-order valence-electron chi connectivity index (χ3n) is 2.97. The lowest BCUT2D eigenvalue weighted by molar-refractivity contribution is -0.138. The van der Waals surface area contributed by atoms with E-state index in [9.17, 15) is 4.79 Å². The number of aromatic nitrogens is 2. The van der Waals surface area contributed by atoms with E-state index in [0.717, 1.165) is 23.0 Å². The van der Waals surface area contributed by atoms with Gasteiger partial charge in [0.15, 0.2) is 0 Å². The lowest BCUT2D eigenvalue weighted by atomic mass is 10.1. The van der Waals surface area contributed by atoms with Crippen LogP contribution >= 0.6 is 0 Å². The van der Waals surface area contributed by atoms with Gasteiger partial charge in [-0.2, -0.15) is 5.10 Å². The molecule has 0 bridgehead atoms. The van der Waals surface area contributed by atoms with Crippen LogP contribution in [0.4, 0.5) is 0 Å². The predicted octanol–water partition coefficient (Wildman–Crippen LogP) is 1.75. The summed E-state index contributed by atoms with van der Waals surface area (Å²) >= 11 is 0. The van der Waals surface area contributed by atoms with Crippen LogP contribution in [0, 0.1) is 5.92 Å². The first-order chi connectivity index (χ1) is 7.27. The average molecular weight is 202 g/mol. The predicted molar refractivity (Wildman–Crippen MR) is 54.6 cm³/mol. The molecule has 2 aromatic rings. The summed E-state index contributed by atoms with van der Waals surface area (Å²) in [7, 11) is 0. The molecule has 0 spiro atoms. The number of aliphatic carboxylic acids is 1. The molecule has 4 nitrogen and oxygen atoms in total. The molecule has 1 aliphatic rings. The van der Waals surface area contributed by atoms with Crippen LogP contribution in [-0.4, -0.2) is 21.3 Å². The Bertz CT molecular complexity index is 532. The van der Waals surface area contributed by atoms with Crippen LogP contribution in [0.1, 0.15) is 18.0 Å². The monoisotopic (exact) mass is 202 g/mol. The highest BCUT2D eigenvalue weighted by Gasteiger charge is 2.45. The summed E-state index contributed by atoms with van der Waals surface area (Å²) in [4.78, 5) is 10.8. The fourth-order valence-electron chi connectivity index (χ4n) is 2.05. The maximum absolute atomic E-state index is 10.8. The van der Waals surface area contributed by atoms with Gasteiger partial charge in [-0.05, 0) is 12.5 Å². The number of nitrogens with one attached hydrogen (secondary N) is 1. The SMILES string of the molecule is O=C(O)[C@@H]1C[C@H]1c1[nH]nc2ccccc12. The number of hydrogen-bond donors (Lipinski definition) is 2. The molecule has 2 atom stereocenters. The fourth-order valence-corrected chi connectivity index (χ4v) is 2.05. The van der Waals surface area contributed by atoms with Crippen LogP contribution in [0.2, 0.25) is 0 Å². The minimum Gasteiger partial charge on any atom is -0.481 e. The molecule has 2 N–H and O–H groups in total. The number of aromatic amines is 1. The summed E-state index contributed by atoms with van der Waals surface area (Å²) in [5, 5.41) is 17.0. The van der Waals surface area contributed by atoms with Crippen molar-refractivity contribution < 1.29 is 9.90 Å². The van der Waals surface area contributed by atoms with Crippen LogP contribution in [0.25, 0.3) is 10.9 Å². The highest BCUT2D eigenvalue weighted by Crippen LogP contribution is 2.48. The van der Waals surface area contributed by atoms with Crippen molar-refractivity contribution in [1.82, 2.24) is 10.2 Å². The molecular formula is C11H10N2O2. The van der Waals surface area contributed by atoms with Gasteiger partial charge in [0, 0.05) is 17.0 Å². The Kier molecular flexibility index (Phi) is 1.59. The zero-order valence-corrected chi connectivity index (χ0v) is 7.97. The molecule has 0 unspecified atom stereocenters. The van der Waals surface area contributed by atoms with Gasteiger partial charge in [0.25, 0.3) is 0 Å². The zero-order valence-electron chi connectivity index (χ0n) is 7.97. The van der Waals surface area contributed by atoms with Gasteiger partial charge in [-0.3, -0.25) is 9.89 Å². The van der Waals surface area contributed by atoms with Crippen molar-refractivity contribution in [3.8, 4) is 0 Å². The minimum absolute atomic E-state index is 0.120. The van der Waals surface area contributed by atoms with Crippen molar-refractivity contribution in [2.75, 3.05) is 0 Å². The molecule has 1 aromatic heterocycles. The van der Waals surface area contributed by atoms with Crippen LogP contribution < -0.4 is 0 Å². The topological polar surface area (TPSA) is 66.0 Å². The number of para-hydroxylation sites is 1. The molecule has 1 fully saturated rings. The molecule has 1 aromatic carbocycles. The molecule has 0 radical (unpaired) electrons. The van der Waals surface area contributed by atoms with Gasteiger partial charge in [-0.1, -0.05) is 18.2 Å². The number of nitrogens with zero attached hydrogens (tertiary/aromatic N) is 1. The van der Waals surface area contributed by atoms with Crippen LogP contribution in [0.15, 0.2) is 24.3 Å². The third kappa shape index (κ3) is 1.21. The summed E-state index contributed by atoms with van der Waals surface area (Å²) in [5.41, 5.74) is 1.88. The molecular weight excluding hydrogens is 192 g/mol. The number of hydrogen-bond acceptors (Lipinski definition) is 2. The molecule has 3 rings (SSSR count). The lowest BCUT2D eigenvalue weighted by Gasteiger charge is -1.94. The summed E-state index contributed by atoms with van der Waals surface area (Å²) in [5.74, 6) is -0.817. The first-order valence-corrected chi connectivity index (χ1v) is 4.93. The number of carbonyl (C=O) groups is 1. The molecule has 0 aliphatic heterocycles. The standard InChI is InChI=1S/C11H10N2O2/c14-11(15)8-5-7(8)10-6-3-1-2-4-9(6)12-13-10/h1-4,7-8H,5H2,(H,12,13)(H,14,15)/t7-,8-/m1/s1. The molecule has 0 saturated heterocycles. The van der Waals surface area contributed by atoms with Crippen molar-refractivity contribution >= 4 is 16.9 Å². The van der Waals surface area contributed by atoms with Gasteiger partial charge in [0.1, 0.15) is 0 Å². The molecule has 76 valence electrons. The molecule has 1 aliphatic carbocycles. The van der Waals surface area contributed by atoms with Crippen molar-refractivity contribution in [3.63, 3.8) is 0 Å². The Morgan fingerprint density at radius 2 is 2.27 bits per heavy atom. The zero-order chi connectivity index (χ0) is 10.4. The third-order valence-corrected chi connectivity index (χ3v) is 2.97. The van der Waals surface area contributed by atoms with Crippen molar-refractivity contribution in [1.29, 1.82) is 0 Å². The summed E-state index contributed by atoms with van der Waals surface area (Å²) in [6.07, 6.45) is 0.724. The Morgan fingerprint density at radius 3 is 3.00 bits per heavy atom. The van der Waals surface area contributed by atoms with E-state index in [1.807, 2.05) is 24.3 Å². The van der Waals surface area contributed by atoms with Crippen LogP contribution in [0.5, 0.6) is 0 Å². The second kappa shape index (κ2) is 2.82. The van der Waals surface area contributed by atoms with E-state index in [-0.39, 0.29) is 11.8 Å². The van der Waals surface area contributed by atoms with E-state index >= 15 is 0 Å². The van der Waals surface area contributed by atoms with Crippen molar-refractivity contribution in [2.24, 2.45) is 5.92 Å². The number of fused-ring (bicyclic) bond motifs is 1.